The van der Waals surface area contributed by atoms with E-state index in [9.17, 15) is 13.2 Å². The molecule has 8 heteroatoms. The molecule has 3 rings (SSSR count). The van der Waals surface area contributed by atoms with Gasteiger partial charge in [0.15, 0.2) is 0 Å². The highest BCUT2D eigenvalue weighted by atomic mass is 32.2. The summed E-state index contributed by atoms with van der Waals surface area (Å²) in [6, 6.07) is 14.4. The summed E-state index contributed by atoms with van der Waals surface area (Å²) in [5.41, 5.74) is 1.04. The van der Waals surface area contributed by atoms with Crippen molar-refractivity contribution in [3.05, 3.63) is 54.1 Å². The summed E-state index contributed by atoms with van der Waals surface area (Å²) in [6.45, 7) is 1.02. The van der Waals surface area contributed by atoms with E-state index in [1.54, 1.807) is 24.1 Å². The molecule has 1 aliphatic heterocycles. The first-order valence-corrected chi connectivity index (χ1v) is 11.3. The summed E-state index contributed by atoms with van der Waals surface area (Å²) < 4.78 is 38.5. The quantitative estimate of drug-likeness (QED) is 0.673. The second kappa shape index (κ2) is 9.49. The van der Waals surface area contributed by atoms with Crippen LogP contribution in [0.3, 0.4) is 0 Å². The van der Waals surface area contributed by atoms with E-state index < -0.39 is 10.0 Å². The smallest absolute Gasteiger partial charge is 0.246 e. The number of carbonyl (C=O) groups excluding carboxylic acids is 1. The van der Waals surface area contributed by atoms with E-state index >= 15 is 0 Å². The summed E-state index contributed by atoms with van der Waals surface area (Å²) >= 11 is 0. The van der Waals surface area contributed by atoms with Gasteiger partial charge in [0.1, 0.15) is 16.4 Å². The molecular weight excluding hydrogens is 404 g/mol. The van der Waals surface area contributed by atoms with Crippen LogP contribution in [0.25, 0.3) is 0 Å². The van der Waals surface area contributed by atoms with Crippen molar-refractivity contribution in [2.24, 2.45) is 5.92 Å². The van der Waals surface area contributed by atoms with Gasteiger partial charge in [-0.3, -0.25) is 4.79 Å². The third kappa shape index (κ3) is 4.76. The van der Waals surface area contributed by atoms with Crippen LogP contribution in [0.2, 0.25) is 0 Å². The molecule has 1 aliphatic rings. The zero-order valence-electron chi connectivity index (χ0n) is 17.6. The second-order valence-corrected chi connectivity index (χ2v) is 9.31. The zero-order valence-corrected chi connectivity index (χ0v) is 18.4. The number of hydrogen-bond acceptors (Lipinski definition) is 5. The van der Waals surface area contributed by atoms with Crippen LogP contribution in [-0.4, -0.2) is 57.9 Å². The molecule has 162 valence electrons. The molecule has 0 spiro atoms. The number of ether oxygens (including phenoxy) is 2. The van der Waals surface area contributed by atoms with Gasteiger partial charge in [0.05, 0.1) is 20.1 Å². The minimum absolute atomic E-state index is 0.0450. The SMILES string of the molecule is COc1ccc(OC)c(S(=O)(=O)N2CCC[C@@H](C(=O)N(C)Cc3ccccc3)C2)c1. The van der Waals surface area contributed by atoms with Crippen LogP contribution in [0.15, 0.2) is 53.4 Å². The van der Waals surface area contributed by atoms with Gasteiger partial charge >= 0.3 is 0 Å². The Kier molecular flexibility index (Phi) is 6.99. The van der Waals surface area contributed by atoms with Gasteiger partial charge < -0.3 is 14.4 Å². The van der Waals surface area contributed by atoms with Crippen molar-refractivity contribution in [2.45, 2.75) is 24.3 Å². The van der Waals surface area contributed by atoms with Crippen molar-refractivity contribution in [1.29, 1.82) is 0 Å². The standard InChI is InChI=1S/C22H28N2O5S/c1-23(15-17-8-5-4-6-9-17)22(25)18-10-7-13-24(16-18)30(26,27)21-14-19(28-2)11-12-20(21)29-3/h4-6,8-9,11-12,14,18H,7,10,13,15-16H2,1-3H3/t18-/m1/s1. The molecule has 30 heavy (non-hydrogen) atoms. The maximum Gasteiger partial charge on any atom is 0.246 e. The third-order valence-electron chi connectivity index (χ3n) is 5.36. The predicted octanol–water partition coefficient (Wildman–Crippen LogP) is 2.76. The van der Waals surface area contributed by atoms with Crippen LogP contribution in [0.4, 0.5) is 0 Å². The molecular formula is C22H28N2O5S. The molecule has 2 aromatic rings. The molecule has 0 N–H and O–H groups in total. The summed E-state index contributed by atoms with van der Waals surface area (Å²) in [5.74, 6) is 0.266. The summed E-state index contributed by atoms with van der Waals surface area (Å²) in [4.78, 5) is 14.7. The Balaban J connectivity index is 1.77. The number of benzene rings is 2. The van der Waals surface area contributed by atoms with Crippen LogP contribution in [0.5, 0.6) is 11.5 Å². The van der Waals surface area contributed by atoms with Gasteiger partial charge in [0.25, 0.3) is 0 Å². The topological polar surface area (TPSA) is 76.1 Å². The Morgan fingerprint density at radius 1 is 1.13 bits per heavy atom. The van der Waals surface area contributed by atoms with Gasteiger partial charge in [-0.05, 0) is 30.5 Å². The van der Waals surface area contributed by atoms with Gasteiger partial charge in [-0.2, -0.15) is 4.31 Å². The molecule has 1 saturated heterocycles. The molecule has 1 atom stereocenters. The maximum absolute atomic E-state index is 13.3. The average molecular weight is 433 g/mol. The fraction of sp³-hybridized carbons (Fsp3) is 0.409. The number of hydrogen-bond donors (Lipinski definition) is 0. The van der Waals surface area contributed by atoms with Crippen molar-refractivity contribution in [2.75, 3.05) is 34.4 Å². The molecule has 0 bridgehead atoms. The Morgan fingerprint density at radius 2 is 1.87 bits per heavy atom. The van der Waals surface area contributed by atoms with E-state index in [0.29, 0.717) is 31.7 Å². The molecule has 0 saturated carbocycles. The Morgan fingerprint density at radius 3 is 2.53 bits per heavy atom. The lowest BCUT2D eigenvalue weighted by Crippen LogP contribution is -2.45. The van der Waals surface area contributed by atoms with Gasteiger partial charge in [0, 0.05) is 32.7 Å². The number of methoxy groups -OCH3 is 2. The largest absolute Gasteiger partial charge is 0.497 e. The fourth-order valence-corrected chi connectivity index (χ4v) is 5.43. The zero-order chi connectivity index (χ0) is 21.7. The lowest BCUT2D eigenvalue weighted by atomic mass is 9.98. The molecule has 2 aromatic carbocycles. The van der Waals surface area contributed by atoms with Gasteiger partial charge in [-0.15, -0.1) is 0 Å². The molecule has 1 heterocycles. The predicted molar refractivity (Wildman–Crippen MR) is 114 cm³/mol. The van der Waals surface area contributed by atoms with Gasteiger partial charge in [-0.25, -0.2) is 8.42 Å². The van der Waals surface area contributed by atoms with Crippen molar-refractivity contribution in [3.63, 3.8) is 0 Å². The minimum atomic E-state index is -3.83. The maximum atomic E-state index is 13.3. The summed E-state index contributed by atoms with van der Waals surface area (Å²) in [7, 11) is 0.842. The second-order valence-electron chi connectivity index (χ2n) is 7.40. The Hall–Kier alpha value is -2.58. The van der Waals surface area contributed by atoms with Crippen molar-refractivity contribution in [3.8, 4) is 11.5 Å². The van der Waals surface area contributed by atoms with E-state index in [1.807, 2.05) is 30.3 Å². The molecule has 0 aliphatic carbocycles. The summed E-state index contributed by atoms with van der Waals surface area (Å²) in [5, 5.41) is 0. The average Bonchev–Trinajstić information content (AvgIpc) is 2.78. The third-order valence-corrected chi connectivity index (χ3v) is 7.25. The number of nitrogens with zero attached hydrogens (tertiary/aromatic N) is 2. The van der Waals surface area contributed by atoms with Crippen LogP contribution < -0.4 is 9.47 Å². The first-order valence-electron chi connectivity index (χ1n) is 9.88. The molecule has 1 fully saturated rings. The highest BCUT2D eigenvalue weighted by Gasteiger charge is 2.36. The van der Waals surface area contributed by atoms with E-state index in [-0.39, 0.29) is 29.0 Å². The highest BCUT2D eigenvalue weighted by Crippen LogP contribution is 2.33. The number of rotatable bonds is 7. The van der Waals surface area contributed by atoms with E-state index in [0.717, 1.165) is 5.56 Å². The lowest BCUT2D eigenvalue weighted by Gasteiger charge is -2.33. The molecule has 7 nitrogen and oxygen atoms in total. The van der Waals surface area contributed by atoms with Crippen LogP contribution >= 0.6 is 0 Å². The Bertz CT molecular complexity index is 978. The monoisotopic (exact) mass is 432 g/mol. The van der Waals surface area contributed by atoms with Crippen molar-refractivity contribution >= 4 is 15.9 Å². The van der Waals surface area contributed by atoms with Gasteiger partial charge in [0.2, 0.25) is 15.9 Å². The lowest BCUT2D eigenvalue weighted by molar-refractivity contribution is -0.135. The van der Waals surface area contributed by atoms with E-state index in [1.165, 1.54) is 24.6 Å². The van der Waals surface area contributed by atoms with Gasteiger partial charge in [-0.1, -0.05) is 30.3 Å². The molecule has 1 amide bonds. The van der Waals surface area contributed by atoms with Crippen molar-refractivity contribution < 1.29 is 22.7 Å². The number of piperidine rings is 1. The molecule has 0 aromatic heterocycles. The first kappa shape index (κ1) is 22.1. The molecule has 0 unspecified atom stereocenters. The number of carbonyl (C=O) groups is 1. The summed E-state index contributed by atoms with van der Waals surface area (Å²) in [6.07, 6.45) is 1.29. The minimum Gasteiger partial charge on any atom is -0.497 e. The van der Waals surface area contributed by atoms with E-state index in [4.69, 9.17) is 9.47 Å². The molecule has 0 radical (unpaired) electrons. The number of amides is 1. The Labute approximate surface area is 178 Å². The fourth-order valence-electron chi connectivity index (χ4n) is 3.73. The van der Waals surface area contributed by atoms with Crippen molar-refractivity contribution in [1.82, 2.24) is 9.21 Å². The van der Waals surface area contributed by atoms with Crippen LogP contribution in [0, 0.1) is 5.92 Å². The highest BCUT2D eigenvalue weighted by molar-refractivity contribution is 7.89. The van der Waals surface area contributed by atoms with E-state index in [2.05, 4.69) is 0 Å². The first-order chi connectivity index (χ1) is 14.4. The number of sulfonamides is 1. The normalized spacial score (nSPS) is 17.4. The van der Waals surface area contributed by atoms with Crippen LogP contribution in [0.1, 0.15) is 18.4 Å². The van der Waals surface area contributed by atoms with Crippen LogP contribution in [-0.2, 0) is 21.4 Å².